The Labute approximate surface area is 73.7 Å². The lowest BCUT2D eigenvalue weighted by molar-refractivity contribution is -0.128. The number of carbonyl (C=O) groups is 1. The van der Waals surface area contributed by atoms with Crippen LogP contribution in [0, 0.1) is 5.92 Å². The van der Waals surface area contributed by atoms with Gasteiger partial charge in [0.25, 0.3) is 0 Å². The predicted octanol–water partition coefficient (Wildman–Crippen LogP) is 0.989. The molecule has 1 atom stereocenters. The third kappa shape index (κ3) is 3.51. The molecule has 0 aromatic heterocycles. The first kappa shape index (κ1) is 11.1. The van der Waals surface area contributed by atoms with Crippen molar-refractivity contribution >= 4 is 12.2 Å². The van der Waals surface area contributed by atoms with Crippen LogP contribution in [-0.2, 0) is 9.59 Å². The van der Waals surface area contributed by atoms with Crippen molar-refractivity contribution in [1.82, 2.24) is 4.90 Å². The third-order valence-corrected chi connectivity index (χ3v) is 1.79. The van der Waals surface area contributed by atoms with Crippen LogP contribution in [0.2, 0.25) is 0 Å². The molecule has 0 aliphatic rings. The molecule has 0 bridgehead atoms. The summed E-state index contributed by atoms with van der Waals surface area (Å²) >= 11 is 0. The van der Waals surface area contributed by atoms with Crippen LogP contribution in [-0.4, -0.2) is 30.2 Å². The Bertz CT molecular complexity index is 166. The molecule has 0 aliphatic heterocycles. The van der Waals surface area contributed by atoms with Crippen LogP contribution in [0.4, 0.5) is 0 Å². The van der Waals surface area contributed by atoms with Crippen molar-refractivity contribution in [3.05, 3.63) is 0 Å². The van der Waals surface area contributed by atoms with Gasteiger partial charge in [-0.05, 0) is 12.3 Å². The number of hydrogen-bond donors (Lipinski definition) is 0. The Morgan fingerprint density at radius 3 is 2.25 bits per heavy atom. The summed E-state index contributed by atoms with van der Waals surface area (Å²) in [6.45, 7) is 5.47. The van der Waals surface area contributed by atoms with Crippen molar-refractivity contribution in [1.29, 1.82) is 0 Å². The van der Waals surface area contributed by atoms with Crippen molar-refractivity contribution in [3.8, 4) is 0 Å². The number of carbonyl (C=O) groups excluding carboxylic acids is 2. The first-order chi connectivity index (χ1) is 5.49. The van der Waals surface area contributed by atoms with E-state index in [1.54, 1.807) is 7.05 Å². The van der Waals surface area contributed by atoms with E-state index in [1.807, 2.05) is 20.1 Å². The number of likely N-dealkylation sites (N-methyl/N-ethyl adjacent to an activating group) is 1. The molecule has 0 N–H and O–H groups in total. The normalized spacial score (nSPS) is 12.8. The molecule has 0 saturated carbocycles. The van der Waals surface area contributed by atoms with Crippen molar-refractivity contribution in [2.45, 2.75) is 33.2 Å². The van der Waals surface area contributed by atoms with Crippen molar-refractivity contribution in [2.75, 3.05) is 7.05 Å². The van der Waals surface area contributed by atoms with E-state index in [2.05, 4.69) is 0 Å². The second kappa shape index (κ2) is 4.91. The second-order valence-electron chi connectivity index (χ2n) is 3.39. The molecule has 12 heavy (non-hydrogen) atoms. The fourth-order valence-electron chi connectivity index (χ4n) is 0.951. The molecule has 0 unspecified atom stereocenters. The summed E-state index contributed by atoms with van der Waals surface area (Å²) in [5.41, 5.74) is 0. The fraction of sp³-hybridized carbons (Fsp3) is 0.778. The molecule has 69 valence electrons. The highest BCUT2D eigenvalue weighted by Gasteiger charge is 2.17. The van der Waals surface area contributed by atoms with Gasteiger partial charge in [0.15, 0.2) is 0 Å². The zero-order chi connectivity index (χ0) is 9.72. The van der Waals surface area contributed by atoms with Gasteiger partial charge in [0.05, 0.1) is 6.04 Å². The molecule has 0 rings (SSSR count). The molecule has 0 fully saturated rings. The number of rotatable bonds is 4. The van der Waals surface area contributed by atoms with Gasteiger partial charge in [-0.3, -0.25) is 9.59 Å². The largest absolute Gasteiger partial charge is 0.335 e. The molecule has 0 aromatic rings. The fourth-order valence-corrected chi connectivity index (χ4v) is 0.951. The van der Waals surface area contributed by atoms with Gasteiger partial charge in [0.1, 0.15) is 0 Å². The smallest absolute Gasteiger partial charge is 0.222 e. The van der Waals surface area contributed by atoms with Gasteiger partial charge in [-0.2, -0.15) is 0 Å². The van der Waals surface area contributed by atoms with Crippen molar-refractivity contribution in [2.24, 2.45) is 5.92 Å². The number of hydrogen-bond acceptors (Lipinski definition) is 2. The molecule has 1 amide bonds. The van der Waals surface area contributed by atoms with Crippen LogP contribution >= 0.6 is 0 Å². The number of amides is 1. The maximum absolute atomic E-state index is 10.9. The van der Waals surface area contributed by atoms with Gasteiger partial charge >= 0.3 is 0 Å². The average molecular weight is 170 g/mol. The first-order valence-electron chi connectivity index (χ1n) is 4.10. The zero-order valence-electron chi connectivity index (χ0n) is 8.13. The van der Waals surface area contributed by atoms with Crippen LogP contribution < -0.4 is 0 Å². The minimum atomic E-state index is -0.387. The SMILES string of the molecule is CC(=O)N(C)[C@H]([C]=O)CC(C)C. The van der Waals surface area contributed by atoms with E-state index >= 15 is 0 Å². The van der Waals surface area contributed by atoms with Gasteiger partial charge in [0, 0.05) is 14.0 Å². The topological polar surface area (TPSA) is 37.4 Å². The Balaban J connectivity index is 4.14. The molecule has 3 heteroatoms. The van der Waals surface area contributed by atoms with E-state index in [0.717, 1.165) is 0 Å². The lowest BCUT2D eigenvalue weighted by atomic mass is 10.0. The van der Waals surface area contributed by atoms with E-state index in [-0.39, 0.29) is 11.9 Å². The molecule has 0 spiro atoms. The second-order valence-corrected chi connectivity index (χ2v) is 3.39. The Hall–Kier alpha value is -0.860. The maximum atomic E-state index is 10.9. The molecule has 0 heterocycles. The summed E-state index contributed by atoms with van der Waals surface area (Å²) in [4.78, 5) is 22.8. The molecule has 0 saturated heterocycles. The molecule has 0 aliphatic carbocycles. The zero-order valence-corrected chi connectivity index (χ0v) is 8.13. The van der Waals surface area contributed by atoms with Crippen LogP contribution in [0.25, 0.3) is 0 Å². The summed E-state index contributed by atoms with van der Waals surface area (Å²) in [5.74, 6) is 0.308. The standard InChI is InChI=1S/C9H16NO2/c1-7(2)5-9(6-11)10(4)8(3)12/h7,9H,5H2,1-4H3/t9-/m0/s1. The quantitative estimate of drug-likeness (QED) is 0.631. The van der Waals surface area contributed by atoms with Crippen LogP contribution in [0.1, 0.15) is 27.2 Å². The lowest BCUT2D eigenvalue weighted by Crippen LogP contribution is -2.37. The summed E-state index contributed by atoms with van der Waals surface area (Å²) in [7, 11) is 1.63. The van der Waals surface area contributed by atoms with E-state index in [9.17, 15) is 9.59 Å². The lowest BCUT2D eigenvalue weighted by Gasteiger charge is -2.22. The Morgan fingerprint density at radius 2 is 2.00 bits per heavy atom. The summed E-state index contributed by atoms with van der Waals surface area (Å²) in [6, 6.07) is -0.387. The summed E-state index contributed by atoms with van der Waals surface area (Å²) in [5, 5.41) is 0. The van der Waals surface area contributed by atoms with Crippen LogP contribution in [0.5, 0.6) is 0 Å². The van der Waals surface area contributed by atoms with Gasteiger partial charge in [-0.1, -0.05) is 13.8 Å². The van der Waals surface area contributed by atoms with E-state index in [0.29, 0.717) is 12.3 Å². The van der Waals surface area contributed by atoms with Crippen LogP contribution in [0.15, 0.2) is 0 Å². The Kier molecular flexibility index (Phi) is 4.55. The molecule has 0 aromatic carbocycles. The highest BCUT2D eigenvalue weighted by Crippen LogP contribution is 2.08. The van der Waals surface area contributed by atoms with Crippen LogP contribution in [0.3, 0.4) is 0 Å². The molecule has 3 nitrogen and oxygen atoms in total. The molecular weight excluding hydrogens is 154 g/mol. The maximum Gasteiger partial charge on any atom is 0.222 e. The minimum Gasteiger partial charge on any atom is -0.335 e. The predicted molar refractivity (Wildman–Crippen MR) is 47.4 cm³/mol. The van der Waals surface area contributed by atoms with Gasteiger partial charge < -0.3 is 4.90 Å². The summed E-state index contributed by atoms with van der Waals surface area (Å²) < 4.78 is 0. The molecule has 1 radical (unpaired) electrons. The highest BCUT2D eigenvalue weighted by molar-refractivity contribution is 5.77. The summed E-state index contributed by atoms with van der Waals surface area (Å²) in [6.07, 6.45) is 2.55. The van der Waals surface area contributed by atoms with E-state index in [4.69, 9.17) is 0 Å². The van der Waals surface area contributed by atoms with E-state index < -0.39 is 0 Å². The number of nitrogens with zero attached hydrogens (tertiary/aromatic N) is 1. The van der Waals surface area contributed by atoms with Gasteiger partial charge in [0.2, 0.25) is 12.2 Å². The first-order valence-corrected chi connectivity index (χ1v) is 4.10. The van der Waals surface area contributed by atoms with Crippen molar-refractivity contribution < 1.29 is 9.59 Å². The van der Waals surface area contributed by atoms with Crippen molar-refractivity contribution in [3.63, 3.8) is 0 Å². The van der Waals surface area contributed by atoms with E-state index in [1.165, 1.54) is 11.8 Å². The Morgan fingerprint density at radius 1 is 1.50 bits per heavy atom. The molecular formula is C9H16NO2. The highest BCUT2D eigenvalue weighted by atomic mass is 16.2. The average Bonchev–Trinajstić information content (AvgIpc) is 1.98. The van der Waals surface area contributed by atoms with Gasteiger partial charge in [-0.25, -0.2) is 0 Å². The minimum absolute atomic E-state index is 0.0935. The van der Waals surface area contributed by atoms with Gasteiger partial charge in [-0.15, -0.1) is 0 Å². The monoisotopic (exact) mass is 170 g/mol. The third-order valence-electron chi connectivity index (χ3n) is 1.79.